The first-order valence-corrected chi connectivity index (χ1v) is 9.85. The lowest BCUT2D eigenvalue weighted by Gasteiger charge is -2.30. The predicted molar refractivity (Wildman–Crippen MR) is 114 cm³/mol. The van der Waals surface area contributed by atoms with Crippen LogP contribution < -0.4 is 0 Å². The Labute approximate surface area is 177 Å². The summed E-state index contributed by atoms with van der Waals surface area (Å²) >= 11 is 12.3. The van der Waals surface area contributed by atoms with Crippen LogP contribution in [0.4, 0.5) is 0 Å². The van der Waals surface area contributed by atoms with Crippen molar-refractivity contribution in [1.29, 1.82) is 0 Å². The van der Waals surface area contributed by atoms with Crippen LogP contribution in [0.15, 0.2) is 42.6 Å². The predicted octanol–water partition coefficient (Wildman–Crippen LogP) is 4.94. The van der Waals surface area contributed by atoms with Gasteiger partial charge in [-0.2, -0.15) is 0 Å². The van der Waals surface area contributed by atoms with Crippen LogP contribution in [-0.4, -0.2) is 32.5 Å². The fraction of sp³-hybridized carbons (Fsp3) is 0.182. The second-order valence-corrected chi connectivity index (χ2v) is 7.79. The molecule has 0 spiro atoms. The quantitative estimate of drug-likeness (QED) is 0.447. The first-order chi connectivity index (χ1) is 13.9. The Balaban J connectivity index is 1.60. The molecule has 4 rings (SSSR count). The lowest BCUT2D eigenvalue weighted by Crippen LogP contribution is -2.35. The van der Waals surface area contributed by atoms with E-state index in [0.717, 1.165) is 22.0 Å². The standard InChI is InChI=1S/C22H18Cl2N2O3/c1-12(14-9-13-4-2-3-5-17(13)25-10-14)8-18(27)26-7-6-15-16(11-26)20(24)22(29)21(28)19(15)23/h2-5,8-10,28-29H,6-7,11H2,1H3. The van der Waals surface area contributed by atoms with E-state index in [9.17, 15) is 15.0 Å². The maximum absolute atomic E-state index is 12.8. The van der Waals surface area contributed by atoms with Gasteiger partial charge in [0.15, 0.2) is 11.5 Å². The van der Waals surface area contributed by atoms with Crippen LogP contribution in [0.3, 0.4) is 0 Å². The van der Waals surface area contributed by atoms with E-state index in [1.807, 2.05) is 37.3 Å². The zero-order valence-electron chi connectivity index (χ0n) is 15.6. The molecule has 2 heterocycles. The molecule has 0 bridgehead atoms. The van der Waals surface area contributed by atoms with Crippen molar-refractivity contribution in [3.05, 3.63) is 69.3 Å². The van der Waals surface area contributed by atoms with Gasteiger partial charge in [0.1, 0.15) is 0 Å². The van der Waals surface area contributed by atoms with E-state index in [4.69, 9.17) is 23.2 Å². The summed E-state index contributed by atoms with van der Waals surface area (Å²) in [5, 5.41) is 21.0. The highest BCUT2D eigenvalue weighted by molar-refractivity contribution is 6.36. The van der Waals surface area contributed by atoms with Crippen LogP contribution in [0.25, 0.3) is 16.5 Å². The molecular weight excluding hydrogens is 411 g/mol. The van der Waals surface area contributed by atoms with Gasteiger partial charge in [-0.05, 0) is 47.7 Å². The number of allylic oxidation sites excluding steroid dienone is 1. The van der Waals surface area contributed by atoms with E-state index in [2.05, 4.69) is 4.98 Å². The summed E-state index contributed by atoms with van der Waals surface area (Å²) < 4.78 is 0. The van der Waals surface area contributed by atoms with E-state index in [0.29, 0.717) is 24.1 Å². The van der Waals surface area contributed by atoms with Crippen LogP contribution in [0.1, 0.15) is 23.6 Å². The number of rotatable bonds is 2. The Morgan fingerprint density at radius 3 is 2.59 bits per heavy atom. The minimum Gasteiger partial charge on any atom is -0.503 e. The van der Waals surface area contributed by atoms with Crippen molar-refractivity contribution in [2.45, 2.75) is 19.9 Å². The van der Waals surface area contributed by atoms with Gasteiger partial charge in [0.05, 0.1) is 15.6 Å². The number of aromatic nitrogens is 1. The molecule has 2 N–H and O–H groups in total. The van der Waals surface area contributed by atoms with Gasteiger partial charge in [-0.1, -0.05) is 41.4 Å². The van der Waals surface area contributed by atoms with Crippen LogP contribution in [0, 0.1) is 0 Å². The smallest absolute Gasteiger partial charge is 0.247 e. The van der Waals surface area contributed by atoms with E-state index in [1.165, 1.54) is 0 Å². The Hall–Kier alpha value is -2.76. The first-order valence-electron chi connectivity index (χ1n) is 9.10. The molecule has 5 nitrogen and oxygen atoms in total. The Morgan fingerprint density at radius 2 is 1.83 bits per heavy atom. The molecule has 0 radical (unpaired) electrons. The fourth-order valence-corrected chi connectivity index (χ4v) is 4.10. The SMILES string of the molecule is CC(=CC(=O)N1CCc2c(Cl)c(O)c(O)c(Cl)c2C1)c1cnc2ccccc2c1. The highest BCUT2D eigenvalue weighted by Crippen LogP contribution is 2.46. The second-order valence-electron chi connectivity index (χ2n) is 7.04. The molecule has 7 heteroatoms. The van der Waals surface area contributed by atoms with Crippen molar-refractivity contribution in [1.82, 2.24) is 9.88 Å². The lowest BCUT2D eigenvalue weighted by atomic mass is 9.98. The van der Waals surface area contributed by atoms with Gasteiger partial charge in [-0.25, -0.2) is 0 Å². The Kier molecular flexibility index (Phi) is 5.11. The summed E-state index contributed by atoms with van der Waals surface area (Å²) in [6.45, 7) is 2.52. The molecule has 1 aliphatic rings. The van der Waals surface area contributed by atoms with Gasteiger partial charge in [-0.3, -0.25) is 9.78 Å². The number of pyridine rings is 1. The zero-order valence-corrected chi connectivity index (χ0v) is 17.1. The number of hydrogen-bond acceptors (Lipinski definition) is 4. The molecular formula is C22H18Cl2N2O3. The third-order valence-electron chi connectivity index (χ3n) is 5.21. The van der Waals surface area contributed by atoms with Gasteiger partial charge in [0, 0.05) is 30.7 Å². The number of aromatic hydroxyl groups is 2. The molecule has 0 unspecified atom stereocenters. The van der Waals surface area contributed by atoms with Gasteiger partial charge in [0.25, 0.3) is 0 Å². The van der Waals surface area contributed by atoms with Crippen molar-refractivity contribution in [2.75, 3.05) is 6.54 Å². The van der Waals surface area contributed by atoms with Crippen LogP contribution in [0.5, 0.6) is 11.5 Å². The van der Waals surface area contributed by atoms with Gasteiger partial charge >= 0.3 is 0 Å². The molecule has 29 heavy (non-hydrogen) atoms. The van der Waals surface area contributed by atoms with E-state index >= 15 is 0 Å². The monoisotopic (exact) mass is 428 g/mol. The molecule has 0 aliphatic carbocycles. The van der Waals surface area contributed by atoms with Crippen LogP contribution in [0.2, 0.25) is 10.0 Å². The van der Waals surface area contributed by atoms with Gasteiger partial charge in [0.2, 0.25) is 5.91 Å². The summed E-state index contributed by atoms with van der Waals surface area (Å²) in [7, 11) is 0. The van der Waals surface area contributed by atoms with E-state index in [-0.39, 0.29) is 22.5 Å². The number of halogens is 2. The molecule has 0 saturated heterocycles. The number of fused-ring (bicyclic) bond motifs is 2. The van der Waals surface area contributed by atoms with Crippen molar-refractivity contribution in [3.63, 3.8) is 0 Å². The number of phenols is 2. The average Bonchev–Trinajstić information content (AvgIpc) is 2.75. The minimum atomic E-state index is -0.460. The van der Waals surface area contributed by atoms with Crippen molar-refractivity contribution < 1.29 is 15.0 Å². The zero-order chi connectivity index (χ0) is 20.7. The molecule has 148 valence electrons. The van der Waals surface area contributed by atoms with E-state index < -0.39 is 11.5 Å². The van der Waals surface area contributed by atoms with Crippen LogP contribution in [-0.2, 0) is 17.8 Å². The summed E-state index contributed by atoms with van der Waals surface area (Å²) in [5.41, 5.74) is 3.80. The van der Waals surface area contributed by atoms with Gasteiger partial charge in [-0.15, -0.1) is 0 Å². The Bertz CT molecular complexity index is 1170. The largest absolute Gasteiger partial charge is 0.503 e. The molecule has 3 aromatic rings. The highest BCUT2D eigenvalue weighted by atomic mass is 35.5. The average molecular weight is 429 g/mol. The van der Waals surface area contributed by atoms with Crippen molar-refractivity contribution in [3.8, 4) is 11.5 Å². The highest BCUT2D eigenvalue weighted by Gasteiger charge is 2.28. The summed E-state index contributed by atoms with van der Waals surface area (Å²) in [5.74, 6) is -1.05. The topological polar surface area (TPSA) is 73.7 Å². The number of carbonyl (C=O) groups excluding carboxylic acids is 1. The number of carbonyl (C=O) groups is 1. The molecule has 0 fully saturated rings. The number of amides is 1. The minimum absolute atomic E-state index is 0.0267. The first kappa shape index (κ1) is 19.6. The molecule has 1 aliphatic heterocycles. The molecule has 1 amide bonds. The van der Waals surface area contributed by atoms with Gasteiger partial charge < -0.3 is 15.1 Å². The maximum atomic E-state index is 12.8. The molecule has 0 saturated carbocycles. The third-order valence-corrected chi connectivity index (χ3v) is 6.03. The molecule has 0 atom stereocenters. The van der Waals surface area contributed by atoms with Crippen LogP contribution >= 0.6 is 23.2 Å². The molecule has 2 aromatic carbocycles. The maximum Gasteiger partial charge on any atom is 0.247 e. The van der Waals surface area contributed by atoms with Crippen molar-refractivity contribution in [2.24, 2.45) is 0 Å². The summed E-state index contributed by atoms with van der Waals surface area (Å²) in [4.78, 5) is 18.9. The number of nitrogens with zero attached hydrogens (tertiary/aromatic N) is 2. The summed E-state index contributed by atoms with van der Waals surface area (Å²) in [6, 6.07) is 9.81. The second kappa shape index (κ2) is 7.58. The van der Waals surface area contributed by atoms with Crippen molar-refractivity contribution >= 4 is 45.6 Å². The third kappa shape index (κ3) is 3.52. The Morgan fingerprint density at radius 1 is 1.14 bits per heavy atom. The van der Waals surface area contributed by atoms with E-state index in [1.54, 1.807) is 17.2 Å². The normalized spacial score (nSPS) is 14.2. The number of para-hydroxylation sites is 1. The number of benzene rings is 2. The number of hydrogen-bond donors (Lipinski definition) is 2. The number of phenolic OH excluding ortho intramolecular Hbond substituents is 2. The lowest BCUT2D eigenvalue weighted by molar-refractivity contribution is -0.126. The molecule has 1 aromatic heterocycles. The summed E-state index contributed by atoms with van der Waals surface area (Å²) in [6.07, 6.45) is 3.77. The fourth-order valence-electron chi connectivity index (χ4n) is 3.54.